The predicted molar refractivity (Wildman–Crippen MR) is 102 cm³/mol. The van der Waals surface area contributed by atoms with Crippen LogP contribution in [-0.4, -0.2) is 55.8 Å². The van der Waals surface area contributed by atoms with Gasteiger partial charge in [-0.1, -0.05) is 0 Å². The molecule has 3 heterocycles. The number of aromatic nitrogens is 4. The van der Waals surface area contributed by atoms with Crippen LogP contribution >= 0.6 is 0 Å². The van der Waals surface area contributed by atoms with E-state index >= 15 is 0 Å². The van der Waals surface area contributed by atoms with Crippen LogP contribution in [0.3, 0.4) is 0 Å². The van der Waals surface area contributed by atoms with Crippen LogP contribution in [0.4, 0.5) is 19.1 Å². The van der Waals surface area contributed by atoms with Gasteiger partial charge in [0.1, 0.15) is 17.3 Å². The lowest BCUT2D eigenvalue weighted by atomic mass is 10.1. The van der Waals surface area contributed by atoms with Gasteiger partial charge < -0.3 is 15.3 Å². The molecule has 1 aromatic carbocycles. The summed E-state index contributed by atoms with van der Waals surface area (Å²) in [6.45, 7) is 3.73. The lowest BCUT2D eigenvalue weighted by molar-refractivity contribution is -0.137. The molecule has 0 unspecified atom stereocenters. The van der Waals surface area contributed by atoms with Crippen molar-refractivity contribution in [2.75, 3.05) is 25.5 Å². The Hall–Kier alpha value is -2.88. The van der Waals surface area contributed by atoms with Gasteiger partial charge in [-0.2, -0.15) is 13.2 Å². The molecule has 1 fully saturated rings. The molecule has 29 heavy (non-hydrogen) atoms. The lowest BCUT2D eigenvalue weighted by Crippen LogP contribution is -2.40. The summed E-state index contributed by atoms with van der Waals surface area (Å²) in [6, 6.07) is 3.02. The van der Waals surface area contributed by atoms with Crippen LogP contribution in [0.25, 0.3) is 16.8 Å². The summed E-state index contributed by atoms with van der Waals surface area (Å²) in [5.74, 6) is 0.671. The Labute approximate surface area is 165 Å². The number of alkyl halides is 3. The van der Waals surface area contributed by atoms with Gasteiger partial charge in [0.05, 0.1) is 17.3 Å². The molecule has 0 spiro atoms. The van der Waals surface area contributed by atoms with E-state index in [1.54, 1.807) is 10.6 Å². The number of phenolic OH excluding ortho intramolecular Hbond substituents is 1. The fourth-order valence-electron chi connectivity index (χ4n) is 3.73. The maximum atomic E-state index is 12.9. The summed E-state index contributed by atoms with van der Waals surface area (Å²) < 4.78 is 40.5. The summed E-state index contributed by atoms with van der Waals surface area (Å²) in [4.78, 5) is 6.55. The van der Waals surface area contributed by atoms with Gasteiger partial charge in [0.2, 0.25) is 5.95 Å². The topological polar surface area (TPSA) is 78.6 Å². The Morgan fingerprint density at radius 2 is 2.03 bits per heavy atom. The second-order valence-corrected chi connectivity index (χ2v) is 7.37. The number of fused-ring (bicyclic) bond motifs is 1. The zero-order chi connectivity index (χ0) is 20.8. The van der Waals surface area contributed by atoms with Crippen LogP contribution in [0.5, 0.6) is 5.75 Å². The zero-order valence-corrected chi connectivity index (χ0v) is 16.0. The summed E-state index contributed by atoms with van der Waals surface area (Å²) in [5, 5.41) is 22.1. The minimum Gasteiger partial charge on any atom is -0.507 e. The third-order valence-corrected chi connectivity index (χ3v) is 5.18. The Kier molecular flexibility index (Phi) is 4.81. The van der Waals surface area contributed by atoms with Crippen molar-refractivity contribution in [1.82, 2.24) is 24.5 Å². The minimum atomic E-state index is -4.54. The molecule has 0 aliphatic carbocycles. The first-order valence-electron chi connectivity index (χ1n) is 9.30. The largest absolute Gasteiger partial charge is 0.507 e. The average molecular weight is 406 g/mol. The highest BCUT2D eigenvalue weighted by atomic mass is 19.4. The van der Waals surface area contributed by atoms with Gasteiger partial charge in [-0.15, -0.1) is 10.2 Å². The quantitative estimate of drug-likeness (QED) is 0.695. The number of likely N-dealkylation sites (N-methyl/N-ethyl adjacent to an activating group) is 1. The van der Waals surface area contributed by atoms with Crippen molar-refractivity contribution in [1.29, 1.82) is 0 Å². The van der Waals surface area contributed by atoms with Gasteiger partial charge in [0.15, 0.2) is 0 Å². The SMILES string of the molecule is Cc1ncc2c(-c3ccc(C(F)(F)F)cc3O)nnc(N[C@@H]3CCCN(C)C3)n12. The molecule has 7 nitrogen and oxygen atoms in total. The third-order valence-electron chi connectivity index (χ3n) is 5.18. The summed E-state index contributed by atoms with van der Waals surface area (Å²) in [6.07, 6.45) is -0.881. The van der Waals surface area contributed by atoms with Crippen molar-refractivity contribution in [2.24, 2.45) is 0 Å². The van der Waals surface area contributed by atoms with E-state index in [2.05, 4.69) is 32.4 Å². The van der Waals surface area contributed by atoms with Crippen molar-refractivity contribution in [2.45, 2.75) is 32.0 Å². The van der Waals surface area contributed by atoms with Gasteiger partial charge in [-0.25, -0.2) is 4.98 Å². The summed E-state index contributed by atoms with van der Waals surface area (Å²) >= 11 is 0. The monoisotopic (exact) mass is 406 g/mol. The number of halogens is 3. The molecule has 1 aliphatic heterocycles. The van der Waals surface area contributed by atoms with E-state index in [1.165, 1.54) is 6.07 Å². The number of phenols is 1. The number of benzene rings is 1. The molecule has 4 rings (SSSR count). The molecule has 1 aliphatic rings. The smallest absolute Gasteiger partial charge is 0.416 e. The molecule has 0 saturated carbocycles. The zero-order valence-electron chi connectivity index (χ0n) is 16.0. The standard InChI is InChI=1S/C19H21F3N6O/c1-11-23-9-15-17(14-6-5-12(8-16(14)29)19(20,21)22)25-26-18(28(11)15)24-13-4-3-7-27(2)10-13/h5-6,8-9,13,29H,3-4,7,10H2,1-2H3,(H,24,26)/t13-/m1/s1. The number of nitrogens with zero attached hydrogens (tertiary/aromatic N) is 5. The molecule has 2 N–H and O–H groups in total. The van der Waals surface area contributed by atoms with Crippen molar-refractivity contribution >= 4 is 11.5 Å². The number of hydrogen-bond acceptors (Lipinski definition) is 6. The van der Waals surface area contributed by atoms with Crippen LogP contribution in [0.1, 0.15) is 24.2 Å². The first-order chi connectivity index (χ1) is 13.7. The summed E-state index contributed by atoms with van der Waals surface area (Å²) in [5.41, 5.74) is 0.0637. The molecule has 0 bridgehead atoms. The molecule has 1 saturated heterocycles. The second kappa shape index (κ2) is 7.18. The number of piperidine rings is 1. The Balaban J connectivity index is 1.74. The number of likely N-dealkylation sites (tertiary alicyclic amines) is 1. The number of aryl methyl sites for hydroxylation is 1. The Morgan fingerprint density at radius 3 is 2.72 bits per heavy atom. The molecular formula is C19H21F3N6O. The van der Waals surface area contributed by atoms with Gasteiger partial charge in [0.25, 0.3) is 0 Å². The van der Waals surface area contributed by atoms with Crippen LogP contribution in [-0.2, 0) is 6.18 Å². The van der Waals surface area contributed by atoms with Gasteiger partial charge in [0, 0.05) is 18.2 Å². The molecule has 3 aromatic rings. The number of anilines is 1. The highest BCUT2D eigenvalue weighted by Gasteiger charge is 2.31. The fourth-order valence-corrected chi connectivity index (χ4v) is 3.73. The second-order valence-electron chi connectivity index (χ2n) is 7.37. The first kappa shape index (κ1) is 19.4. The van der Waals surface area contributed by atoms with E-state index in [-0.39, 0.29) is 17.3 Å². The number of imidazole rings is 1. The van der Waals surface area contributed by atoms with Crippen molar-refractivity contribution in [3.8, 4) is 17.0 Å². The molecule has 1 atom stereocenters. The number of nitrogens with one attached hydrogen (secondary N) is 1. The number of aromatic hydroxyl groups is 1. The molecule has 154 valence electrons. The van der Waals surface area contributed by atoms with Crippen LogP contribution in [0.2, 0.25) is 0 Å². The third kappa shape index (κ3) is 3.71. The van der Waals surface area contributed by atoms with Crippen molar-refractivity contribution < 1.29 is 18.3 Å². The van der Waals surface area contributed by atoms with E-state index < -0.39 is 17.5 Å². The number of hydrogen-bond donors (Lipinski definition) is 2. The van der Waals surface area contributed by atoms with Gasteiger partial charge in [-0.3, -0.25) is 4.40 Å². The maximum absolute atomic E-state index is 12.9. The maximum Gasteiger partial charge on any atom is 0.416 e. The molecule has 0 radical (unpaired) electrons. The van der Waals surface area contributed by atoms with E-state index in [1.807, 2.05) is 6.92 Å². The normalized spacial score (nSPS) is 18.3. The van der Waals surface area contributed by atoms with Crippen LogP contribution in [0.15, 0.2) is 24.4 Å². The molecule has 10 heteroatoms. The van der Waals surface area contributed by atoms with E-state index in [4.69, 9.17) is 0 Å². The molecular weight excluding hydrogens is 385 g/mol. The number of rotatable bonds is 3. The Morgan fingerprint density at radius 1 is 1.24 bits per heavy atom. The van der Waals surface area contributed by atoms with E-state index in [9.17, 15) is 18.3 Å². The van der Waals surface area contributed by atoms with Gasteiger partial charge in [-0.05, 0) is 51.6 Å². The van der Waals surface area contributed by atoms with Crippen molar-refractivity contribution in [3.63, 3.8) is 0 Å². The van der Waals surface area contributed by atoms with Crippen LogP contribution in [0, 0.1) is 6.92 Å². The van der Waals surface area contributed by atoms with E-state index in [0.717, 1.165) is 32.0 Å². The Bertz CT molecular complexity index is 1050. The molecule has 2 aromatic heterocycles. The average Bonchev–Trinajstić information content (AvgIpc) is 3.04. The minimum absolute atomic E-state index is 0.166. The van der Waals surface area contributed by atoms with Crippen molar-refractivity contribution in [3.05, 3.63) is 35.8 Å². The molecule has 0 amide bonds. The fraction of sp³-hybridized carbons (Fsp3) is 0.421. The highest BCUT2D eigenvalue weighted by Crippen LogP contribution is 2.37. The lowest BCUT2D eigenvalue weighted by Gasteiger charge is -2.30. The van der Waals surface area contributed by atoms with E-state index in [0.29, 0.717) is 23.4 Å². The first-order valence-corrected chi connectivity index (χ1v) is 9.30. The highest BCUT2D eigenvalue weighted by molar-refractivity contribution is 5.81. The summed E-state index contributed by atoms with van der Waals surface area (Å²) in [7, 11) is 2.06. The van der Waals surface area contributed by atoms with Crippen LogP contribution < -0.4 is 5.32 Å². The predicted octanol–water partition coefficient (Wildman–Crippen LogP) is 3.33. The van der Waals surface area contributed by atoms with Gasteiger partial charge >= 0.3 is 6.18 Å².